The minimum absolute atomic E-state index is 0.131. The van der Waals surface area contributed by atoms with Gasteiger partial charge in [0.2, 0.25) is 11.1 Å². The van der Waals surface area contributed by atoms with E-state index < -0.39 is 0 Å². The van der Waals surface area contributed by atoms with Crippen molar-refractivity contribution in [2.24, 2.45) is 5.10 Å². The topological polar surface area (TPSA) is 123 Å². The maximum atomic E-state index is 12.1. The highest BCUT2D eigenvalue weighted by molar-refractivity contribution is 9.10. The Hall–Kier alpha value is -2.79. The average molecular weight is 450 g/mol. The quantitative estimate of drug-likeness (QED) is 0.219. The lowest BCUT2D eigenvalue weighted by Gasteiger charge is -2.06. The molecule has 1 aromatic carbocycles. The number of nitrogens with two attached hydrogens (primary N) is 1. The zero-order chi connectivity index (χ0) is 19.2. The number of carbonyl (C=O) groups excluding carboxylic acids is 1. The van der Waals surface area contributed by atoms with Crippen molar-refractivity contribution in [3.63, 3.8) is 0 Å². The minimum Gasteiger partial charge on any atom is -0.460 e. The summed E-state index contributed by atoms with van der Waals surface area (Å²) in [5.41, 5.74) is 3.38. The molecule has 1 amide bonds. The number of aromatic nitrogens is 3. The van der Waals surface area contributed by atoms with Gasteiger partial charge in [-0.2, -0.15) is 5.10 Å². The summed E-state index contributed by atoms with van der Waals surface area (Å²) in [7, 11) is 0. The number of benzene rings is 1. The molecule has 3 rings (SSSR count). The van der Waals surface area contributed by atoms with E-state index in [9.17, 15) is 4.79 Å². The van der Waals surface area contributed by atoms with Crippen molar-refractivity contribution in [1.29, 1.82) is 0 Å². The Kier molecular flexibility index (Phi) is 6.14. The first-order valence-corrected chi connectivity index (χ1v) is 9.54. The van der Waals surface area contributed by atoms with E-state index in [1.54, 1.807) is 12.1 Å². The van der Waals surface area contributed by atoms with Crippen molar-refractivity contribution in [3.8, 4) is 0 Å². The molecule has 11 heteroatoms. The summed E-state index contributed by atoms with van der Waals surface area (Å²) < 4.78 is 7.39. The molecule has 2 aromatic heterocycles. The van der Waals surface area contributed by atoms with E-state index in [1.165, 1.54) is 10.9 Å². The lowest BCUT2D eigenvalue weighted by Crippen LogP contribution is -2.17. The number of thioether (sulfide) groups is 1. The number of hydrogen-bond acceptors (Lipinski definition) is 8. The summed E-state index contributed by atoms with van der Waals surface area (Å²) in [5.74, 6) is 7.49. The van der Waals surface area contributed by atoms with Gasteiger partial charge in [0.25, 0.3) is 5.95 Å². The Morgan fingerprint density at radius 2 is 2.19 bits per heavy atom. The van der Waals surface area contributed by atoms with Crippen LogP contribution in [0.1, 0.15) is 11.5 Å². The number of nitrogen functional groups attached to an aromatic ring is 1. The van der Waals surface area contributed by atoms with Crippen molar-refractivity contribution in [2.45, 2.75) is 12.1 Å². The number of anilines is 2. The SMILES string of the molecule is Cc1ccc(/C=N/Nc2nnc(SCC(=O)Nc3ccccc3Br)n2N)o1. The van der Waals surface area contributed by atoms with Crippen LogP contribution in [0.3, 0.4) is 0 Å². The number of hydrazone groups is 1. The molecule has 0 saturated heterocycles. The first-order valence-electron chi connectivity index (χ1n) is 7.76. The third kappa shape index (κ3) is 5.11. The second-order valence-electron chi connectivity index (χ2n) is 5.31. The van der Waals surface area contributed by atoms with Crippen LogP contribution in [0.4, 0.5) is 11.6 Å². The number of carbonyl (C=O) groups is 1. The van der Waals surface area contributed by atoms with Crippen LogP contribution in [0.5, 0.6) is 0 Å². The Morgan fingerprint density at radius 3 is 2.93 bits per heavy atom. The van der Waals surface area contributed by atoms with Gasteiger partial charge in [-0.1, -0.05) is 23.9 Å². The van der Waals surface area contributed by atoms with Crippen LogP contribution in [0.25, 0.3) is 0 Å². The van der Waals surface area contributed by atoms with E-state index in [2.05, 4.69) is 42.0 Å². The van der Waals surface area contributed by atoms with E-state index in [-0.39, 0.29) is 17.6 Å². The van der Waals surface area contributed by atoms with Crippen LogP contribution in [0.2, 0.25) is 0 Å². The Labute approximate surface area is 167 Å². The van der Waals surface area contributed by atoms with Crippen LogP contribution in [-0.4, -0.2) is 32.7 Å². The van der Waals surface area contributed by atoms with Gasteiger partial charge in [0, 0.05) is 4.47 Å². The summed E-state index contributed by atoms with van der Waals surface area (Å²) in [4.78, 5) is 12.1. The summed E-state index contributed by atoms with van der Waals surface area (Å²) in [5, 5.41) is 15.0. The number of aryl methyl sites for hydroxylation is 1. The molecule has 4 N–H and O–H groups in total. The minimum atomic E-state index is -0.185. The summed E-state index contributed by atoms with van der Waals surface area (Å²) in [6.45, 7) is 1.84. The summed E-state index contributed by atoms with van der Waals surface area (Å²) in [6, 6.07) is 11.0. The molecule has 3 aromatic rings. The van der Waals surface area contributed by atoms with E-state index in [0.29, 0.717) is 16.6 Å². The highest BCUT2D eigenvalue weighted by Gasteiger charge is 2.12. The van der Waals surface area contributed by atoms with Gasteiger partial charge in [-0.15, -0.1) is 10.2 Å². The molecule has 140 valence electrons. The fourth-order valence-corrected chi connectivity index (χ4v) is 3.05. The molecule has 0 saturated carbocycles. The molecule has 2 heterocycles. The predicted molar refractivity (Wildman–Crippen MR) is 108 cm³/mol. The highest BCUT2D eigenvalue weighted by atomic mass is 79.9. The van der Waals surface area contributed by atoms with E-state index in [1.807, 2.05) is 31.2 Å². The number of furan rings is 1. The summed E-state index contributed by atoms with van der Waals surface area (Å²) >= 11 is 4.54. The van der Waals surface area contributed by atoms with Crippen molar-refractivity contribution < 1.29 is 9.21 Å². The normalized spacial score (nSPS) is 11.0. The van der Waals surface area contributed by atoms with Crippen molar-refractivity contribution in [3.05, 3.63) is 52.4 Å². The number of nitrogens with zero attached hydrogens (tertiary/aromatic N) is 4. The van der Waals surface area contributed by atoms with E-state index >= 15 is 0 Å². The number of hydrogen-bond donors (Lipinski definition) is 3. The lowest BCUT2D eigenvalue weighted by molar-refractivity contribution is -0.113. The van der Waals surface area contributed by atoms with Crippen molar-refractivity contribution >= 4 is 51.4 Å². The molecule has 0 aliphatic heterocycles. The first-order chi connectivity index (χ1) is 13.0. The van der Waals surface area contributed by atoms with E-state index in [0.717, 1.165) is 22.0 Å². The van der Waals surface area contributed by atoms with Gasteiger partial charge >= 0.3 is 0 Å². The first kappa shape index (κ1) is 19.0. The smallest absolute Gasteiger partial charge is 0.264 e. The lowest BCUT2D eigenvalue weighted by atomic mass is 10.3. The third-order valence-electron chi connectivity index (χ3n) is 3.26. The third-order valence-corrected chi connectivity index (χ3v) is 4.90. The van der Waals surface area contributed by atoms with Gasteiger partial charge < -0.3 is 15.6 Å². The molecular weight excluding hydrogens is 434 g/mol. The molecule has 0 bridgehead atoms. The highest BCUT2D eigenvalue weighted by Crippen LogP contribution is 2.22. The molecule has 0 spiro atoms. The number of halogens is 1. The number of amides is 1. The van der Waals surface area contributed by atoms with Crippen LogP contribution in [0, 0.1) is 6.92 Å². The predicted octanol–water partition coefficient (Wildman–Crippen LogP) is 2.83. The second kappa shape index (κ2) is 8.73. The largest absolute Gasteiger partial charge is 0.460 e. The van der Waals surface area contributed by atoms with Crippen molar-refractivity contribution in [2.75, 3.05) is 22.3 Å². The molecule has 0 aliphatic rings. The molecule has 27 heavy (non-hydrogen) atoms. The average Bonchev–Trinajstić information content (AvgIpc) is 3.21. The fourth-order valence-electron chi connectivity index (χ4n) is 2.01. The van der Waals surface area contributed by atoms with Crippen molar-refractivity contribution in [1.82, 2.24) is 14.9 Å². The maximum absolute atomic E-state index is 12.1. The van der Waals surface area contributed by atoms with Gasteiger partial charge in [-0.3, -0.25) is 4.79 Å². The number of rotatable bonds is 7. The zero-order valence-corrected chi connectivity index (χ0v) is 16.6. The molecule has 0 fully saturated rings. The number of para-hydroxylation sites is 1. The van der Waals surface area contributed by atoms with Crippen LogP contribution in [-0.2, 0) is 4.79 Å². The molecule has 9 nitrogen and oxygen atoms in total. The zero-order valence-electron chi connectivity index (χ0n) is 14.2. The van der Waals surface area contributed by atoms with Gasteiger partial charge in [-0.25, -0.2) is 10.1 Å². The standard InChI is InChI=1S/C16H16BrN7O2S/c1-10-6-7-11(26-10)8-19-21-15-22-23-16(24(15)18)27-9-14(25)20-13-5-3-2-4-12(13)17/h2-8H,9,18H2,1H3,(H,20,25)(H,21,22)/b19-8+. The van der Waals surface area contributed by atoms with Crippen LogP contribution >= 0.6 is 27.7 Å². The van der Waals surface area contributed by atoms with Crippen LogP contribution < -0.4 is 16.6 Å². The summed E-state index contributed by atoms with van der Waals surface area (Å²) in [6.07, 6.45) is 1.50. The maximum Gasteiger partial charge on any atom is 0.264 e. The Morgan fingerprint density at radius 1 is 1.37 bits per heavy atom. The Bertz CT molecular complexity index is 969. The molecule has 0 radical (unpaired) electrons. The molecule has 0 aliphatic carbocycles. The fraction of sp³-hybridized carbons (Fsp3) is 0.125. The molecular formula is C16H16BrN7O2S. The van der Waals surface area contributed by atoms with Gasteiger partial charge in [0.1, 0.15) is 11.5 Å². The monoisotopic (exact) mass is 449 g/mol. The molecule has 0 unspecified atom stereocenters. The molecule has 0 atom stereocenters. The van der Waals surface area contributed by atoms with E-state index in [4.69, 9.17) is 10.3 Å². The number of nitrogens with one attached hydrogen (secondary N) is 2. The Balaban J connectivity index is 1.53. The van der Waals surface area contributed by atoms with Gasteiger partial charge in [0.05, 0.1) is 17.7 Å². The van der Waals surface area contributed by atoms with Gasteiger partial charge in [-0.05, 0) is 47.1 Å². The second-order valence-corrected chi connectivity index (χ2v) is 7.11. The van der Waals surface area contributed by atoms with Crippen LogP contribution in [0.15, 0.2) is 55.5 Å². The van der Waals surface area contributed by atoms with Gasteiger partial charge in [0.15, 0.2) is 0 Å².